The maximum Gasteiger partial charge on any atom is 0.238 e. The molecule has 1 N–H and O–H groups in total. The molecule has 0 saturated carbocycles. The second-order valence-electron chi connectivity index (χ2n) is 6.63. The molecular weight excluding hydrogens is 326 g/mol. The first kappa shape index (κ1) is 18.9. The van der Waals surface area contributed by atoms with E-state index in [1.807, 2.05) is 44.0 Å². The Balaban J connectivity index is 1.95. The SMILES string of the molecule is Cc1cccc(NC(=O)CN(C)[C@@H]2CCCN(S(C)(=O)=O)C2)c1C. The Morgan fingerprint density at radius 3 is 2.75 bits per heavy atom. The Morgan fingerprint density at radius 1 is 1.38 bits per heavy atom. The van der Waals surface area contributed by atoms with Crippen molar-refractivity contribution in [2.24, 2.45) is 0 Å². The monoisotopic (exact) mass is 353 g/mol. The molecule has 1 heterocycles. The number of nitrogens with zero attached hydrogens (tertiary/aromatic N) is 2. The van der Waals surface area contributed by atoms with Crippen LogP contribution in [0.3, 0.4) is 0 Å². The van der Waals surface area contributed by atoms with Crippen molar-refractivity contribution in [3.8, 4) is 0 Å². The molecule has 1 fully saturated rings. The highest BCUT2D eigenvalue weighted by Crippen LogP contribution is 2.19. The number of anilines is 1. The fraction of sp³-hybridized carbons (Fsp3) is 0.588. The van der Waals surface area contributed by atoms with Gasteiger partial charge in [-0.3, -0.25) is 9.69 Å². The first-order valence-corrected chi connectivity index (χ1v) is 10.0. The zero-order chi connectivity index (χ0) is 17.9. The second-order valence-corrected chi connectivity index (χ2v) is 8.61. The highest BCUT2D eigenvalue weighted by Gasteiger charge is 2.28. The molecule has 1 aliphatic rings. The van der Waals surface area contributed by atoms with E-state index < -0.39 is 10.0 Å². The molecule has 0 radical (unpaired) electrons. The number of hydrogen-bond acceptors (Lipinski definition) is 4. The Labute approximate surface area is 144 Å². The zero-order valence-electron chi connectivity index (χ0n) is 14.9. The molecule has 0 unspecified atom stereocenters. The van der Waals surface area contributed by atoms with Crippen LogP contribution in [0, 0.1) is 13.8 Å². The van der Waals surface area contributed by atoms with E-state index in [-0.39, 0.29) is 18.5 Å². The molecule has 1 atom stereocenters. The third-order valence-electron chi connectivity index (χ3n) is 4.72. The number of hydrogen-bond donors (Lipinski definition) is 1. The topological polar surface area (TPSA) is 69.7 Å². The van der Waals surface area contributed by atoms with Crippen molar-refractivity contribution in [2.75, 3.05) is 38.3 Å². The quantitative estimate of drug-likeness (QED) is 0.873. The Morgan fingerprint density at radius 2 is 2.08 bits per heavy atom. The van der Waals surface area contributed by atoms with E-state index in [1.165, 1.54) is 10.6 Å². The molecular formula is C17H27N3O3S. The van der Waals surface area contributed by atoms with Gasteiger partial charge in [0.15, 0.2) is 0 Å². The van der Waals surface area contributed by atoms with Gasteiger partial charge >= 0.3 is 0 Å². The Kier molecular flexibility index (Phi) is 6.01. The molecule has 0 spiro atoms. The minimum atomic E-state index is -3.17. The molecule has 1 saturated heterocycles. The molecule has 2 rings (SSSR count). The van der Waals surface area contributed by atoms with Gasteiger partial charge in [-0.2, -0.15) is 0 Å². The number of benzene rings is 1. The Hall–Kier alpha value is -1.44. The number of amides is 1. The fourth-order valence-corrected chi connectivity index (χ4v) is 3.92. The number of nitrogens with one attached hydrogen (secondary N) is 1. The average molecular weight is 353 g/mol. The van der Waals surface area contributed by atoms with Crippen LogP contribution in [0.5, 0.6) is 0 Å². The zero-order valence-corrected chi connectivity index (χ0v) is 15.7. The van der Waals surface area contributed by atoms with E-state index in [9.17, 15) is 13.2 Å². The lowest BCUT2D eigenvalue weighted by Crippen LogP contribution is -2.49. The molecule has 0 aromatic heterocycles. The van der Waals surface area contributed by atoms with Crippen molar-refractivity contribution in [3.05, 3.63) is 29.3 Å². The van der Waals surface area contributed by atoms with Gasteiger partial charge in [0, 0.05) is 24.8 Å². The summed E-state index contributed by atoms with van der Waals surface area (Å²) in [7, 11) is -1.30. The van der Waals surface area contributed by atoms with Crippen molar-refractivity contribution in [3.63, 3.8) is 0 Å². The minimum Gasteiger partial charge on any atom is -0.325 e. The fourth-order valence-electron chi connectivity index (χ4n) is 3.01. The summed E-state index contributed by atoms with van der Waals surface area (Å²) in [6.45, 7) is 5.26. The van der Waals surface area contributed by atoms with E-state index in [0.29, 0.717) is 13.1 Å². The van der Waals surface area contributed by atoms with Gasteiger partial charge in [0.1, 0.15) is 0 Å². The molecule has 1 amide bonds. The molecule has 0 aliphatic carbocycles. The van der Waals surface area contributed by atoms with Gasteiger partial charge in [0.25, 0.3) is 0 Å². The first-order valence-electron chi connectivity index (χ1n) is 8.20. The highest BCUT2D eigenvalue weighted by molar-refractivity contribution is 7.88. The van der Waals surface area contributed by atoms with Crippen LogP contribution in [0.15, 0.2) is 18.2 Å². The first-order chi connectivity index (χ1) is 11.2. The van der Waals surface area contributed by atoms with Gasteiger partial charge in [-0.05, 0) is 50.9 Å². The predicted molar refractivity (Wildman–Crippen MR) is 96.6 cm³/mol. The maximum absolute atomic E-state index is 12.3. The number of likely N-dealkylation sites (N-methyl/N-ethyl adjacent to an activating group) is 1. The van der Waals surface area contributed by atoms with Crippen molar-refractivity contribution < 1.29 is 13.2 Å². The normalized spacial score (nSPS) is 19.5. The molecule has 6 nitrogen and oxygen atoms in total. The standard InChI is InChI=1S/C17H27N3O3S/c1-13-7-5-9-16(14(13)2)18-17(21)12-19(3)15-8-6-10-20(11-15)24(4,22)23/h5,7,9,15H,6,8,10-12H2,1-4H3,(H,18,21)/t15-/m1/s1. The van der Waals surface area contributed by atoms with E-state index >= 15 is 0 Å². The largest absolute Gasteiger partial charge is 0.325 e. The summed E-state index contributed by atoms with van der Waals surface area (Å²) in [5.74, 6) is -0.0809. The molecule has 24 heavy (non-hydrogen) atoms. The van der Waals surface area contributed by atoms with Gasteiger partial charge in [0.05, 0.1) is 12.8 Å². The summed E-state index contributed by atoms with van der Waals surface area (Å²) in [5.41, 5.74) is 3.03. The number of piperidine rings is 1. The summed E-state index contributed by atoms with van der Waals surface area (Å²) in [4.78, 5) is 14.3. The van der Waals surface area contributed by atoms with Gasteiger partial charge in [-0.15, -0.1) is 0 Å². The third-order valence-corrected chi connectivity index (χ3v) is 5.99. The summed E-state index contributed by atoms with van der Waals surface area (Å²) < 4.78 is 24.9. The van der Waals surface area contributed by atoms with Crippen molar-refractivity contribution in [1.82, 2.24) is 9.21 Å². The summed E-state index contributed by atoms with van der Waals surface area (Å²) in [5, 5.41) is 2.95. The number of carbonyl (C=O) groups is 1. The van der Waals surface area contributed by atoms with Gasteiger partial charge in [-0.1, -0.05) is 12.1 Å². The van der Waals surface area contributed by atoms with Gasteiger partial charge in [0.2, 0.25) is 15.9 Å². The number of rotatable bonds is 5. The van der Waals surface area contributed by atoms with Crippen LogP contribution in [0.1, 0.15) is 24.0 Å². The summed E-state index contributed by atoms with van der Waals surface area (Å²) in [6, 6.07) is 5.90. The second kappa shape index (κ2) is 7.63. The lowest BCUT2D eigenvalue weighted by atomic mass is 10.1. The third kappa shape index (κ3) is 4.78. The van der Waals surface area contributed by atoms with Crippen LogP contribution in [-0.2, 0) is 14.8 Å². The number of sulfonamides is 1. The van der Waals surface area contributed by atoms with E-state index in [0.717, 1.165) is 29.7 Å². The molecule has 1 aliphatic heterocycles. The van der Waals surface area contributed by atoms with Crippen molar-refractivity contribution >= 4 is 21.6 Å². The molecule has 0 bridgehead atoms. The molecule has 7 heteroatoms. The summed E-state index contributed by atoms with van der Waals surface area (Å²) in [6.07, 6.45) is 2.96. The lowest BCUT2D eigenvalue weighted by molar-refractivity contribution is -0.117. The number of carbonyl (C=O) groups excluding carboxylic acids is 1. The Bertz CT molecular complexity index is 703. The van der Waals surface area contributed by atoms with E-state index in [4.69, 9.17) is 0 Å². The highest BCUT2D eigenvalue weighted by atomic mass is 32.2. The maximum atomic E-state index is 12.3. The molecule has 1 aromatic carbocycles. The van der Waals surface area contributed by atoms with E-state index in [1.54, 1.807) is 0 Å². The van der Waals surface area contributed by atoms with Crippen LogP contribution in [0.2, 0.25) is 0 Å². The molecule has 134 valence electrons. The lowest BCUT2D eigenvalue weighted by Gasteiger charge is -2.36. The van der Waals surface area contributed by atoms with Crippen LogP contribution in [0.4, 0.5) is 5.69 Å². The summed E-state index contributed by atoms with van der Waals surface area (Å²) >= 11 is 0. The minimum absolute atomic E-state index is 0.0674. The van der Waals surface area contributed by atoms with Gasteiger partial charge < -0.3 is 5.32 Å². The van der Waals surface area contributed by atoms with Crippen LogP contribution >= 0.6 is 0 Å². The number of aryl methyl sites for hydroxylation is 1. The smallest absolute Gasteiger partial charge is 0.238 e. The van der Waals surface area contributed by atoms with Crippen molar-refractivity contribution in [2.45, 2.75) is 32.7 Å². The predicted octanol–water partition coefficient (Wildman–Crippen LogP) is 1.60. The van der Waals surface area contributed by atoms with Gasteiger partial charge in [-0.25, -0.2) is 12.7 Å². The molecule has 1 aromatic rings. The average Bonchev–Trinajstić information content (AvgIpc) is 2.51. The van der Waals surface area contributed by atoms with Crippen LogP contribution in [-0.4, -0.2) is 62.5 Å². The van der Waals surface area contributed by atoms with Crippen LogP contribution in [0.25, 0.3) is 0 Å². The van der Waals surface area contributed by atoms with E-state index in [2.05, 4.69) is 5.32 Å². The van der Waals surface area contributed by atoms with Crippen LogP contribution < -0.4 is 5.32 Å². The van der Waals surface area contributed by atoms with Crippen molar-refractivity contribution in [1.29, 1.82) is 0 Å².